The van der Waals surface area contributed by atoms with E-state index in [1.807, 2.05) is 11.0 Å². The van der Waals surface area contributed by atoms with Gasteiger partial charge in [-0.1, -0.05) is 29.8 Å². The van der Waals surface area contributed by atoms with E-state index in [-0.39, 0.29) is 47.7 Å². The number of anilines is 1. The number of rotatable bonds is 7. The van der Waals surface area contributed by atoms with Crippen LogP contribution in [0.15, 0.2) is 42.5 Å². The first kappa shape index (κ1) is 23.9. The summed E-state index contributed by atoms with van der Waals surface area (Å²) in [5.74, 6) is -0.0879. The monoisotopic (exact) mass is 465 g/mol. The molecule has 1 atom stereocenters. The van der Waals surface area contributed by atoms with Gasteiger partial charge in [-0.15, -0.1) is 0 Å². The van der Waals surface area contributed by atoms with Crippen molar-refractivity contribution >= 4 is 23.2 Å². The van der Waals surface area contributed by atoms with Gasteiger partial charge < -0.3 is 14.9 Å². The highest BCUT2D eigenvalue weighted by Gasteiger charge is 2.35. The summed E-state index contributed by atoms with van der Waals surface area (Å²) in [7, 11) is 0. The van der Waals surface area contributed by atoms with Crippen molar-refractivity contribution in [2.24, 2.45) is 0 Å². The Labute approximate surface area is 189 Å². The lowest BCUT2D eigenvalue weighted by molar-refractivity contribution is -0.138. The second kappa shape index (κ2) is 10.2. The fraction of sp³-hybridized carbons (Fsp3) is 0.391. The molecule has 0 aromatic heterocycles. The van der Waals surface area contributed by atoms with Crippen LogP contribution in [0.3, 0.4) is 0 Å². The van der Waals surface area contributed by atoms with E-state index in [0.717, 1.165) is 6.07 Å². The third kappa shape index (κ3) is 5.53. The molecule has 1 unspecified atom stereocenters. The number of nitrogens with zero attached hydrogens (tertiary/aromatic N) is 3. The molecule has 1 heterocycles. The number of amides is 1. The van der Waals surface area contributed by atoms with Gasteiger partial charge in [0.15, 0.2) is 0 Å². The number of hydrogen-bond acceptors (Lipinski definition) is 4. The lowest BCUT2D eigenvalue weighted by atomic mass is 10.0. The fourth-order valence-electron chi connectivity index (χ4n) is 3.93. The number of likely N-dealkylation sites (tertiary alicyclic amines) is 1. The molecule has 0 radical (unpaired) electrons. The number of carbonyl (C=O) groups is 1. The van der Waals surface area contributed by atoms with Crippen LogP contribution in [0.4, 0.5) is 18.9 Å². The van der Waals surface area contributed by atoms with Crippen molar-refractivity contribution in [1.29, 1.82) is 5.26 Å². The van der Waals surface area contributed by atoms with E-state index in [1.54, 1.807) is 29.2 Å². The van der Waals surface area contributed by atoms with Crippen molar-refractivity contribution in [2.45, 2.75) is 38.0 Å². The average Bonchev–Trinajstić information content (AvgIpc) is 3.25. The quantitative estimate of drug-likeness (QED) is 0.648. The topological polar surface area (TPSA) is 67.6 Å². The Balaban J connectivity index is 1.93. The first-order valence-corrected chi connectivity index (χ1v) is 10.6. The molecular weight excluding hydrogens is 443 g/mol. The van der Waals surface area contributed by atoms with Crippen molar-refractivity contribution in [3.63, 3.8) is 0 Å². The van der Waals surface area contributed by atoms with Crippen molar-refractivity contribution in [1.82, 2.24) is 4.90 Å². The molecule has 0 saturated carbocycles. The zero-order chi connectivity index (χ0) is 23.3. The maximum Gasteiger partial charge on any atom is 0.416 e. The second-order valence-electron chi connectivity index (χ2n) is 7.67. The summed E-state index contributed by atoms with van der Waals surface area (Å²) in [6, 6.07) is 12.0. The molecule has 170 valence electrons. The summed E-state index contributed by atoms with van der Waals surface area (Å²) >= 11 is 6.21. The van der Waals surface area contributed by atoms with Gasteiger partial charge in [0.2, 0.25) is 5.91 Å². The number of aliphatic hydroxyl groups is 1. The van der Waals surface area contributed by atoms with Crippen LogP contribution in [0.25, 0.3) is 0 Å². The first-order chi connectivity index (χ1) is 15.2. The molecule has 1 N–H and O–H groups in total. The Kier molecular flexibility index (Phi) is 7.64. The molecule has 0 aliphatic carbocycles. The van der Waals surface area contributed by atoms with Crippen molar-refractivity contribution in [3.05, 3.63) is 64.2 Å². The Morgan fingerprint density at radius 2 is 2.03 bits per heavy atom. The van der Waals surface area contributed by atoms with Crippen LogP contribution in [-0.4, -0.2) is 41.7 Å². The number of carbonyl (C=O) groups excluding carboxylic acids is 1. The van der Waals surface area contributed by atoms with E-state index in [9.17, 15) is 18.0 Å². The molecule has 1 aliphatic rings. The van der Waals surface area contributed by atoms with Gasteiger partial charge in [0.25, 0.3) is 0 Å². The predicted molar refractivity (Wildman–Crippen MR) is 115 cm³/mol. The minimum Gasteiger partial charge on any atom is -0.396 e. The van der Waals surface area contributed by atoms with E-state index in [4.69, 9.17) is 22.0 Å². The van der Waals surface area contributed by atoms with Gasteiger partial charge in [-0.25, -0.2) is 0 Å². The van der Waals surface area contributed by atoms with Crippen LogP contribution in [0.5, 0.6) is 0 Å². The second-order valence-corrected chi connectivity index (χ2v) is 8.08. The van der Waals surface area contributed by atoms with Crippen LogP contribution >= 0.6 is 11.6 Å². The minimum absolute atomic E-state index is 0.0265. The average molecular weight is 466 g/mol. The lowest BCUT2D eigenvalue weighted by Gasteiger charge is -2.32. The Morgan fingerprint density at radius 3 is 2.69 bits per heavy atom. The van der Waals surface area contributed by atoms with Gasteiger partial charge in [0, 0.05) is 44.4 Å². The Morgan fingerprint density at radius 1 is 1.28 bits per heavy atom. The molecule has 1 saturated heterocycles. The van der Waals surface area contributed by atoms with E-state index in [2.05, 4.69) is 0 Å². The molecule has 3 rings (SSSR count). The van der Waals surface area contributed by atoms with E-state index in [0.29, 0.717) is 31.6 Å². The summed E-state index contributed by atoms with van der Waals surface area (Å²) < 4.78 is 40.7. The summed E-state index contributed by atoms with van der Waals surface area (Å²) in [5.41, 5.74) is 0.267. The van der Waals surface area contributed by atoms with Crippen LogP contribution in [0, 0.1) is 11.3 Å². The summed E-state index contributed by atoms with van der Waals surface area (Å²) in [6.45, 7) is 0.737. The molecule has 32 heavy (non-hydrogen) atoms. The van der Waals surface area contributed by atoms with Crippen LogP contribution < -0.4 is 4.90 Å². The molecule has 0 bridgehead atoms. The molecule has 1 aliphatic heterocycles. The lowest BCUT2D eigenvalue weighted by Crippen LogP contribution is -2.39. The molecule has 9 heteroatoms. The molecule has 2 aromatic carbocycles. The molecule has 1 fully saturated rings. The van der Waals surface area contributed by atoms with Crippen LogP contribution in [0.1, 0.15) is 36.0 Å². The zero-order valence-corrected chi connectivity index (χ0v) is 18.0. The standard InChI is InChI=1S/C23H23ClF3N3O2/c24-21-12-18(8-7-16(21)13-28)30(14-17-4-1-2-5-20(17)23(25,26)27)19-9-10-29(15-19)22(32)6-3-11-31/h1-2,4-5,7-8,12,19,31H,3,6,9-11,14-15H2. The third-order valence-electron chi connectivity index (χ3n) is 5.57. The van der Waals surface area contributed by atoms with Gasteiger partial charge >= 0.3 is 6.18 Å². The Hall–Kier alpha value is -2.76. The molecule has 5 nitrogen and oxygen atoms in total. The van der Waals surface area contributed by atoms with E-state index < -0.39 is 11.7 Å². The number of aliphatic hydroxyl groups excluding tert-OH is 1. The maximum absolute atomic E-state index is 13.6. The van der Waals surface area contributed by atoms with E-state index >= 15 is 0 Å². The normalized spacial score (nSPS) is 16.1. The number of hydrogen-bond donors (Lipinski definition) is 1. The highest BCUT2D eigenvalue weighted by molar-refractivity contribution is 6.32. The van der Waals surface area contributed by atoms with Gasteiger partial charge in [-0.2, -0.15) is 18.4 Å². The minimum atomic E-state index is -4.49. The molecule has 0 spiro atoms. The largest absolute Gasteiger partial charge is 0.416 e. The third-order valence-corrected chi connectivity index (χ3v) is 5.89. The van der Waals surface area contributed by atoms with Gasteiger partial charge in [0.1, 0.15) is 6.07 Å². The van der Waals surface area contributed by atoms with Crippen LogP contribution in [0.2, 0.25) is 5.02 Å². The number of benzene rings is 2. The number of alkyl halides is 3. The van der Waals surface area contributed by atoms with Gasteiger partial charge in [0.05, 0.1) is 16.1 Å². The van der Waals surface area contributed by atoms with Gasteiger partial charge in [-0.05, 0) is 42.7 Å². The predicted octanol–water partition coefficient (Wildman–Crippen LogP) is 4.61. The number of nitriles is 1. The van der Waals surface area contributed by atoms with Gasteiger partial charge in [-0.3, -0.25) is 4.79 Å². The summed E-state index contributed by atoms with van der Waals surface area (Å²) in [6.07, 6.45) is -3.32. The fourth-order valence-corrected chi connectivity index (χ4v) is 4.15. The number of halogens is 4. The summed E-state index contributed by atoms with van der Waals surface area (Å²) in [5, 5.41) is 18.3. The maximum atomic E-state index is 13.6. The van der Waals surface area contributed by atoms with E-state index in [1.165, 1.54) is 12.1 Å². The van der Waals surface area contributed by atoms with Crippen molar-refractivity contribution in [2.75, 3.05) is 24.6 Å². The smallest absolute Gasteiger partial charge is 0.396 e. The first-order valence-electron chi connectivity index (χ1n) is 10.2. The zero-order valence-electron chi connectivity index (χ0n) is 17.3. The van der Waals surface area contributed by atoms with Crippen LogP contribution in [-0.2, 0) is 17.5 Å². The Bertz CT molecular complexity index is 1010. The summed E-state index contributed by atoms with van der Waals surface area (Å²) in [4.78, 5) is 15.9. The molecular formula is C23H23ClF3N3O2. The van der Waals surface area contributed by atoms with Crippen molar-refractivity contribution in [3.8, 4) is 6.07 Å². The SMILES string of the molecule is N#Cc1ccc(N(Cc2ccccc2C(F)(F)F)C2CCN(C(=O)CCCO)C2)cc1Cl. The molecule has 2 aromatic rings. The molecule has 1 amide bonds. The highest BCUT2D eigenvalue weighted by atomic mass is 35.5. The highest BCUT2D eigenvalue weighted by Crippen LogP contribution is 2.35. The van der Waals surface area contributed by atoms with Crippen molar-refractivity contribution < 1.29 is 23.1 Å².